The van der Waals surface area contributed by atoms with Crippen molar-refractivity contribution in [3.05, 3.63) is 57.3 Å². The van der Waals surface area contributed by atoms with Crippen molar-refractivity contribution in [1.29, 1.82) is 0 Å². The molecule has 0 fully saturated rings. The van der Waals surface area contributed by atoms with Gasteiger partial charge in [-0.1, -0.05) is 42.1 Å². The molecular formula is C16H18N2S2. The largest absolute Gasteiger partial charge is 0.360 e. The summed E-state index contributed by atoms with van der Waals surface area (Å²) >= 11 is 3.71. The number of hydrogen-bond donors (Lipinski definition) is 1. The van der Waals surface area contributed by atoms with E-state index < -0.39 is 0 Å². The fourth-order valence-corrected chi connectivity index (χ4v) is 4.22. The predicted octanol–water partition coefficient (Wildman–Crippen LogP) is 4.30. The summed E-state index contributed by atoms with van der Waals surface area (Å²) in [4.78, 5) is 7.40. The summed E-state index contributed by atoms with van der Waals surface area (Å²) in [6.07, 6.45) is 0. The van der Waals surface area contributed by atoms with Crippen LogP contribution in [0.1, 0.15) is 26.1 Å². The summed E-state index contributed by atoms with van der Waals surface area (Å²) < 4.78 is 0. The lowest BCUT2D eigenvalue weighted by atomic mass is 10.1. The van der Waals surface area contributed by atoms with Crippen molar-refractivity contribution >= 4 is 28.3 Å². The van der Waals surface area contributed by atoms with Crippen LogP contribution in [0.25, 0.3) is 0 Å². The summed E-state index contributed by atoms with van der Waals surface area (Å²) in [6.45, 7) is 6.10. The number of amidine groups is 1. The number of thiophene rings is 1. The van der Waals surface area contributed by atoms with Gasteiger partial charge in [-0.05, 0) is 31.0 Å². The molecule has 3 rings (SSSR count). The molecule has 1 atom stereocenters. The standard InChI is InChI=1S/C16H18N2S2/c1-11-8-14(19-12(11)2)9-17-16-18-10-15(20-16)13-6-4-3-5-7-13/h3-8,15H,9-10H2,1-2H3,(H,17,18). The maximum atomic E-state index is 4.61. The number of hydrogen-bond acceptors (Lipinski definition) is 4. The molecule has 0 bridgehead atoms. The quantitative estimate of drug-likeness (QED) is 0.914. The molecule has 0 amide bonds. The van der Waals surface area contributed by atoms with E-state index in [1.165, 1.54) is 20.9 Å². The van der Waals surface area contributed by atoms with E-state index in [0.29, 0.717) is 5.25 Å². The Kier molecular flexibility index (Phi) is 4.13. The van der Waals surface area contributed by atoms with E-state index in [1.807, 2.05) is 23.1 Å². The van der Waals surface area contributed by atoms with Gasteiger partial charge in [0.25, 0.3) is 0 Å². The molecule has 0 saturated carbocycles. The maximum absolute atomic E-state index is 4.61. The van der Waals surface area contributed by atoms with Crippen LogP contribution in [0.2, 0.25) is 0 Å². The van der Waals surface area contributed by atoms with E-state index in [-0.39, 0.29) is 0 Å². The second-order valence-electron chi connectivity index (χ2n) is 4.97. The van der Waals surface area contributed by atoms with Gasteiger partial charge in [-0.25, -0.2) is 0 Å². The molecule has 1 unspecified atom stereocenters. The van der Waals surface area contributed by atoms with Crippen molar-refractivity contribution in [2.45, 2.75) is 25.6 Å². The second kappa shape index (κ2) is 6.02. The molecule has 2 aromatic rings. The van der Waals surface area contributed by atoms with Gasteiger partial charge in [0.1, 0.15) is 0 Å². The van der Waals surface area contributed by atoms with Crippen LogP contribution in [0, 0.1) is 13.8 Å². The van der Waals surface area contributed by atoms with Crippen molar-refractivity contribution in [2.75, 3.05) is 6.54 Å². The van der Waals surface area contributed by atoms with E-state index in [4.69, 9.17) is 0 Å². The van der Waals surface area contributed by atoms with Crippen molar-refractivity contribution < 1.29 is 0 Å². The molecule has 0 aliphatic carbocycles. The lowest BCUT2D eigenvalue weighted by Gasteiger charge is -2.08. The molecule has 0 saturated heterocycles. The third-order valence-electron chi connectivity index (χ3n) is 3.46. The molecule has 2 heterocycles. The first-order valence-electron chi connectivity index (χ1n) is 6.78. The van der Waals surface area contributed by atoms with Crippen molar-refractivity contribution in [2.24, 2.45) is 4.99 Å². The predicted molar refractivity (Wildman–Crippen MR) is 89.7 cm³/mol. The van der Waals surface area contributed by atoms with Crippen molar-refractivity contribution in [1.82, 2.24) is 5.32 Å². The highest BCUT2D eigenvalue weighted by atomic mass is 32.2. The van der Waals surface area contributed by atoms with Gasteiger partial charge in [-0.2, -0.15) is 0 Å². The molecular weight excluding hydrogens is 284 g/mol. The number of benzene rings is 1. The normalized spacial score (nSPS) is 18.1. The fourth-order valence-electron chi connectivity index (χ4n) is 2.21. The molecule has 2 nitrogen and oxygen atoms in total. The van der Waals surface area contributed by atoms with Crippen LogP contribution < -0.4 is 5.32 Å². The highest BCUT2D eigenvalue weighted by molar-refractivity contribution is 8.14. The smallest absolute Gasteiger partial charge is 0.157 e. The monoisotopic (exact) mass is 302 g/mol. The average Bonchev–Trinajstić information content (AvgIpc) is 3.05. The highest BCUT2D eigenvalue weighted by Gasteiger charge is 2.20. The Morgan fingerprint density at radius 2 is 2.05 bits per heavy atom. The van der Waals surface area contributed by atoms with Gasteiger partial charge in [0.2, 0.25) is 0 Å². The minimum Gasteiger partial charge on any atom is -0.360 e. The number of rotatable bonds is 3. The molecule has 0 radical (unpaired) electrons. The fraction of sp³-hybridized carbons (Fsp3) is 0.312. The number of nitrogens with one attached hydrogen (secondary N) is 1. The summed E-state index contributed by atoms with van der Waals surface area (Å²) in [5.41, 5.74) is 2.75. The maximum Gasteiger partial charge on any atom is 0.157 e. The Balaban J connectivity index is 1.55. The van der Waals surface area contributed by atoms with Crippen LogP contribution in [0.3, 0.4) is 0 Å². The highest BCUT2D eigenvalue weighted by Crippen LogP contribution is 2.34. The van der Waals surface area contributed by atoms with E-state index >= 15 is 0 Å². The molecule has 20 heavy (non-hydrogen) atoms. The van der Waals surface area contributed by atoms with Gasteiger partial charge in [0.15, 0.2) is 5.17 Å². The minimum atomic E-state index is 0.463. The van der Waals surface area contributed by atoms with E-state index in [9.17, 15) is 0 Å². The Bertz CT molecular complexity index is 597. The zero-order chi connectivity index (χ0) is 13.9. The molecule has 1 aromatic heterocycles. The van der Waals surface area contributed by atoms with E-state index in [2.05, 4.69) is 60.6 Å². The number of nitrogens with zero attached hydrogens (tertiary/aromatic N) is 1. The first-order valence-corrected chi connectivity index (χ1v) is 8.48. The van der Waals surface area contributed by atoms with Crippen LogP contribution in [-0.4, -0.2) is 11.7 Å². The molecule has 1 aliphatic rings. The van der Waals surface area contributed by atoms with Gasteiger partial charge >= 0.3 is 0 Å². The zero-order valence-electron chi connectivity index (χ0n) is 11.7. The van der Waals surface area contributed by atoms with Crippen LogP contribution in [0.15, 0.2) is 41.4 Å². The van der Waals surface area contributed by atoms with Crippen molar-refractivity contribution in [3.63, 3.8) is 0 Å². The Morgan fingerprint density at radius 1 is 1.25 bits per heavy atom. The van der Waals surface area contributed by atoms with Crippen LogP contribution in [0.5, 0.6) is 0 Å². The van der Waals surface area contributed by atoms with Crippen LogP contribution >= 0.6 is 23.1 Å². The van der Waals surface area contributed by atoms with Gasteiger partial charge in [-0.15, -0.1) is 11.3 Å². The summed E-state index contributed by atoms with van der Waals surface area (Å²) in [7, 11) is 0. The molecule has 4 heteroatoms. The topological polar surface area (TPSA) is 24.4 Å². The SMILES string of the molecule is Cc1cc(CNC2=NCC(c3ccccc3)S2)sc1C. The zero-order valence-corrected chi connectivity index (χ0v) is 13.4. The minimum absolute atomic E-state index is 0.463. The number of aryl methyl sites for hydroxylation is 2. The molecule has 1 N–H and O–H groups in total. The summed E-state index contributed by atoms with van der Waals surface area (Å²) in [6, 6.07) is 12.9. The average molecular weight is 302 g/mol. The van der Waals surface area contributed by atoms with Gasteiger partial charge in [0.05, 0.1) is 18.3 Å². The van der Waals surface area contributed by atoms with Gasteiger partial charge < -0.3 is 5.32 Å². The first-order chi connectivity index (χ1) is 9.72. The number of thioether (sulfide) groups is 1. The Hall–Kier alpha value is -1.26. The van der Waals surface area contributed by atoms with Gasteiger partial charge in [-0.3, -0.25) is 4.99 Å². The Morgan fingerprint density at radius 3 is 2.75 bits per heavy atom. The molecule has 1 aliphatic heterocycles. The van der Waals surface area contributed by atoms with Crippen LogP contribution in [-0.2, 0) is 6.54 Å². The van der Waals surface area contributed by atoms with Gasteiger partial charge in [0, 0.05) is 9.75 Å². The summed E-state index contributed by atoms with van der Waals surface area (Å²) in [5.74, 6) is 0. The van der Waals surface area contributed by atoms with E-state index in [1.54, 1.807) is 0 Å². The Labute approximate surface area is 128 Å². The van der Waals surface area contributed by atoms with Crippen LogP contribution in [0.4, 0.5) is 0 Å². The third kappa shape index (κ3) is 3.07. The second-order valence-corrected chi connectivity index (χ2v) is 7.50. The molecule has 0 spiro atoms. The molecule has 1 aromatic carbocycles. The van der Waals surface area contributed by atoms with Crippen molar-refractivity contribution in [3.8, 4) is 0 Å². The van der Waals surface area contributed by atoms with E-state index in [0.717, 1.165) is 18.3 Å². The lowest BCUT2D eigenvalue weighted by Crippen LogP contribution is -2.17. The number of aliphatic imine (C=N–C) groups is 1. The summed E-state index contributed by atoms with van der Waals surface area (Å²) in [5, 5.41) is 5.00. The molecule has 104 valence electrons. The lowest BCUT2D eigenvalue weighted by molar-refractivity contribution is 0.924. The first kappa shape index (κ1) is 13.7. The third-order valence-corrected chi connectivity index (χ3v) is 5.81.